The molecule has 1 fully saturated rings. The molecule has 1 amide bonds. The maximum atomic E-state index is 12.9. The van der Waals surface area contributed by atoms with E-state index in [0.717, 1.165) is 37.3 Å². The number of piperidine rings is 1. The molecular formula is C22H25N5O2. The summed E-state index contributed by atoms with van der Waals surface area (Å²) in [6, 6.07) is 10.9. The van der Waals surface area contributed by atoms with Gasteiger partial charge in [0.25, 0.3) is 0 Å². The number of nitrogens with zero attached hydrogens (tertiary/aromatic N) is 4. The normalized spacial score (nSPS) is 17.1. The number of hydrogen-bond acceptors (Lipinski definition) is 5. The van der Waals surface area contributed by atoms with E-state index in [2.05, 4.69) is 20.2 Å². The average Bonchev–Trinajstić information content (AvgIpc) is 3.15. The molecular weight excluding hydrogens is 366 g/mol. The SMILES string of the molecule is Cn1ccnc1CN1CCCC[C@H]1C(=O)Nc1ccc(Oc2cccnc2)cc1. The molecule has 3 heterocycles. The van der Waals surface area contributed by atoms with Crippen LogP contribution in [0.5, 0.6) is 11.5 Å². The smallest absolute Gasteiger partial charge is 0.241 e. The van der Waals surface area contributed by atoms with Crippen molar-refractivity contribution >= 4 is 11.6 Å². The summed E-state index contributed by atoms with van der Waals surface area (Å²) in [6.07, 6.45) is 10.1. The molecule has 29 heavy (non-hydrogen) atoms. The Morgan fingerprint density at radius 3 is 2.76 bits per heavy atom. The van der Waals surface area contributed by atoms with Crippen LogP contribution in [0.1, 0.15) is 25.1 Å². The van der Waals surface area contributed by atoms with Crippen molar-refractivity contribution in [1.29, 1.82) is 0 Å². The fraction of sp³-hybridized carbons (Fsp3) is 0.318. The number of benzene rings is 1. The fourth-order valence-electron chi connectivity index (χ4n) is 3.58. The van der Waals surface area contributed by atoms with Gasteiger partial charge in [-0.2, -0.15) is 0 Å². The Bertz CT molecular complexity index is 939. The molecule has 3 aromatic rings. The average molecular weight is 391 g/mol. The minimum atomic E-state index is -0.147. The molecule has 2 aromatic heterocycles. The summed E-state index contributed by atoms with van der Waals surface area (Å²) in [4.78, 5) is 23.6. The molecule has 1 N–H and O–H groups in total. The lowest BCUT2D eigenvalue weighted by Crippen LogP contribution is -2.46. The number of carbonyl (C=O) groups excluding carboxylic acids is 1. The van der Waals surface area contributed by atoms with Crippen LogP contribution in [0, 0.1) is 0 Å². The number of hydrogen-bond donors (Lipinski definition) is 1. The number of anilines is 1. The molecule has 0 aliphatic carbocycles. The first-order chi connectivity index (χ1) is 14.2. The van der Waals surface area contributed by atoms with Crippen LogP contribution < -0.4 is 10.1 Å². The maximum Gasteiger partial charge on any atom is 0.241 e. The zero-order valence-electron chi connectivity index (χ0n) is 16.5. The van der Waals surface area contributed by atoms with Crippen molar-refractivity contribution in [2.75, 3.05) is 11.9 Å². The third-order valence-corrected chi connectivity index (χ3v) is 5.17. The first-order valence-electron chi connectivity index (χ1n) is 9.88. The number of carbonyl (C=O) groups is 1. The molecule has 1 aromatic carbocycles. The molecule has 7 nitrogen and oxygen atoms in total. The summed E-state index contributed by atoms with van der Waals surface area (Å²) in [7, 11) is 1.98. The topological polar surface area (TPSA) is 72.3 Å². The van der Waals surface area contributed by atoms with Gasteiger partial charge in [0.05, 0.1) is 18.8 Å². The summed E-state index contributed by atoms with van der Waals surface area (Å²) in [5.74, 6) is 2.38. The highest BCUT2D eigenvalue weighted by Gasteiger charge is 2.29. The van der Waals surface area contributed by atoms with Gasteiger partial charge in [-0.05, 0) is 55.8 Å². The lowest BCUT2D eigenvalue weighted by atomic mass is 10.0. The second kappa shape index (κ2) is 8.87. The van der Waals surface area contributed by atoms with Crippen LogP contribution in [0.2, 0.25) is 0 Å². The quantitative estimate of drug-likeness (QED) is 0.695. The van der Waals surface area contributed by atoms with Crippen molar-refractivity contribution in [1.82, 2.24) is 19.4 Å². The van der Waals surface area contributed by atoms with Gasteiger partial charge in [0.1, 0.15) is 17.3 Å². The molecule has 7 heteroatoms. The van der Waals surface area contributed by atoms with Crippen LogP contribution >= 0.6 is 0 Å². The molecule has 1 aliphatic rings. The highest BCUT2D eigenvalue weighted by Crippen LogP contribution is 2.24. The predicted molar refractivity (Wildman–Crippen MR) is 111 cm³/mol. The van der Waals surface area contributed by atoms with Crippen molar-refractivity contribution in [2.45, 2.75) is 31.8 Å². The van der Waals surface area contributed by atoms with Crippen molar-refractivity contribution in [2.24, 2.45) is 7.05 Å². The van der Waals surface area contributed by atoms with Gasteiger partial charge in [0.2, 0.25) is 5.91 Å². The number of amides is 1. The Morgan fingerprint density at radius 2 is 2.03 bits per heavy atom. The molecule has 150 valence electrons. The summed E-state index contributed by atoms with van der Waals surface area (Å²) in [5, 5.41) is 3.05. The maximum absolute atomic E-state index is 12.9. The second-order valence-corrected chi connectivity index (χ2v) is 7.24. The lowest BCUT2D eigenvalue weighted by molar-refractivity contribution is -0.122. The van der Waals surface area contributed by atoms with Crippen LogP contribution in [0.3, 0.4) is 0 Å². The molecule has 0 spiro atoms. The first kappa shape index (κ1) is 19.1. The summed E-state index contributed by atoms with van der Waals surface area (Å²) in [6.45, 7) is 1.59. The zero-order chi connectivity index (χ0) is 20.1. The first-order valence-corrected chi connectivity index (χ1v) is 9.88. The number of likely N-dealkylation sites (tertiary alicyclic amines) is 1. The van der Waals surface area contributed by atoms with Gasteiger partial charge in [-0.1, -0.05) is 6.42 Å². The van der Waals surface area contributed by atoms with Gasteiger partial charge in [-0.25, -0.2) is 4.98 Å². The third kappa shape index (κ3) is 4.81. The lowest BCUT2D eigenvalue weighted by Gasteiger charge is -2.34. The number of aryl methyl sites for hydroxylation is 1. The Balaban J connectivity index is 1.38. The van der Waals surface area contributed by atoms with Gasteiger partial charge in [-0.15, -0.1) is 0 Å². The summed E-state index contributed by atoms with van der Waals surface area (Å²) in [5.41, 5.74) is 0.760. The number of pyridine rings is 1. The number of imidazole rings is 1. The monoisotopic (exact) mass is 391 g/mol. The van der Waals surface area contributed by atoms with Gasteiger partial charge >= 0.3 is 0 Å². The standard InChI is InChI=1S/C22H25N5O2/c1-26-14-12-24-21(26)16-27-13-3-2-6-20(27)22(28)25-17-7-9-18(10-8-17)29-19-5-4-11-23-15-19/h4-5,7-12,14-15,20H,2-3,6,13,16H2,1H3,(H,25,28)/t20-/m0/s1. The van der Waals surface area contributed by atoms with Gasteiger partial charge in [0, 0.05) is 31.3 Å². The minimum absolute atomic E-state index is 0.0276. The van der Waals surface area contributed by atoms with Crippen molar-refractivity contribution < 1.29 is 9.53 Å². The van der Waals surface area contributed by atoms with E-state index in [1.165, 1.54) is 0 Å². The highest BCUT2D eigenvalue weighted by molar-refractivity contribution is 5.94. The number of aromatic nitrogens is 3. The van der Waals surface area contributed by atoms with Crippen LogP contribution in [-0.4, -0.2) is 37.9 Å². The van der Waals surface area contributed by atoms with Crippen LogP contribution in [0.15, 0.2) is 61.2 Å². The van der Waals surface area contributed by atoms with Gasteiger partial charge in [-0.3, -0.25) is 14.7 Å². The molecule has 0 saturated carbocycles. The molecule has 0 bridgehead atoms. The van der Waals surface area contributed by atoms with E-state index >= 15 is 0 Å². The van der Waals surface area contributed by atoms with Crippen LogP contribution in [0.4, 0.5) is 5.69 Å². The van der Waals surface area contributed by atoms with E-state index < -0.39 is 0 Å². The predicted octanol–water partition coefficient (Wildman–Crippen LogP) is 3.60. The molecule has 1 aliphatic heterocycles. The van der Waals surface area contributed by atoms with Crippen LogP contribution in [-0.2, 0) is 18.4 Å². The highest BCUT2D eigenvalue weighted by atomic mass is 16.5. The van der Waals surface area contributed by atoms with Crippen molar-refractivity contribution in [3.05, 3.63) is 67.0 Å². The number of ether oxygens (including phenoxy) is 1. The summed E-state index contributed by atoms with van der Waals surface area (Å²) < 4.78 is 7.75. The minimum Gasteiger partial charge on any atom is -0.456 e. The van der Waals surface area contributed by atoms with E-state index in [1.54, 1.807) is 18.6 Å². The molecule has 4 rings (SSSR count). The second-order valence-electron chi connectivity index (χ2n) is 7.24. The molecule has 0 radical (unpaired) electrons. The number of rotatable bonds is 6. The molecule has 0 unspecified atom stereocenters. The van der Waals surface area contributed by atoms with E-state index in [4.69, 9.17) is 4.74 Å². The van der Waals surface area contributed by atoms with Gasteiger partial charge in [0.15, 0.2) is 0 Å². The van der Waals surface area contributed by atoms with E-state index in [-0.39, 0.29) is 11.9 Å². The van der Waals surface area contributed by atoms with Crippen molar-refractivity contribution in [3.63, 3.8) is 0 Å². The Labute approximate surface area is 170 Å². The van der Waals surface area contributed by atoms with Gasteiger partial charge < -0.3 is 14.6 Å². The zero-order valence-corrected chi connectivity index (χ0v) is 16.5. The molecule has 1 atom stereocenters. The van der Waals surface area contributed by atoms with Crippen molar-refractivity contribution in [3.8, 4) is 11.5 Å². The van der Waals surface area contributed by atoms with Crippen LogP contribution in [0.25, 0.3) is 0 Å². The summed E-state index contributed by atoms with van der Waals surface area (Å²) >= 11 is 0. The third-order valence-electron chi connectivity index (χ3n) is 5.17. The Hall–Kier alpha value is -3.19. The fourth-order valence-corrected chi connectivity index (χ4v) is 3.58. The largest absolute Gasteiger partial charge is 0.456 e. The Morgan fingerprint density at radius 1 is 1.17 bits per heavy atom. The van der Waals surface area contributed by atoms with E-state index in [1.807, 2.05) is 54.2 Å². The van der Waals surface area contributed by atoms with E-state index in [9.17, 15) is 4.79 Å². The number of nitrogens with one attached hydrogen (secondary N) is 1. The molecule has 1 saturated heterocycles. The van der Waals surface area contributed by atoms with E-state index in [0.29, 0.717) is 18.0 Å². The Kier molecular flexibility index (Phi) is 5.86.